The fraction of sp³-hybridized carbons (Fsp3) is 0.125. The van der Waals surface area contributed by atoms with Crippen molar-refractivity contribution in [1.29, 1.82) is 0 Å². The van der Waals surface area contributed by atoms with Crippen molar-refractivity contribution in [2.75, 3.05) is 6.54 Å². The van der Waals surface area contributed by atoms with E-state index in [1.54, 1.807) is 12.1 Å². The second kappa shape index (κ2) is 6.09. The predicted octanol–water partition coefficient (Wildman–Crippen LogP) is 3.16. The summed E-state index contributed by atoms with van der Waals surface area (Å²) in [5.41, 5.74) is 2.65. The highest BCUT2D eigenvalue weighted by atomic mass is 16.6. The number of nitrogens with one attached hydrogen (secondary N) is 1. The quantitative estimate of drug-likeness (QED) is 0.798. The minimum absolute atomic E-state index is 0.457. The lowest BCUT2D eigenvalue weighted by Gasteiger charge is -2.06. The molecule has 21 heavy (non-hydrogen) atoms. The summed E-state index contributed by atoms with van der Waals surface area (Å²) >= 11 is 0. The van der Waals surface area contributed by atoms with Crippen LogP contribution in [-0.4, -0.2) is 17.6 Å². The Morgan fingerprint density at radius 2 is 2.05 bits per heavy atom. The molecule has 2 aromatic carbocycles. The molecule has 1 N–H and O–H groups in total. The molecule has 0 saturated heterocycles. The molecule has 0 aliphatic heterocycles. The number of nitrogens with zero attached hydrogens (tertiary/aromatic N) is 1. The monoisotopic (exact) mass is 282 g/mol. The number of rotatable bonds is 4. The molecule has 5 heteroatoms. The Labute approximate surface area is 121 Å². The summed E-state index contributed by atoms with van der Waals surface area (Å²) in [6.45, 7) is 0.491. The van der Waals surface area contributed by atoms with Gasteiger partial charge in [0.15, 0.2) is 12.0 Å². The van der Waals surface area contributed by atoms with Crippen molar-refractivity contribution in [2.45, 2.75) is 6.42 Å². The van der Waals surface area contributed by atoms with Crippen LogP contribution in [0.25, 0.3) is 11.1 Å². The molecular formula is C16H14N2O3. The zero-order valence-electron chi connectivity index (χ0n) is 11.3. The molecule has 0 atom stereocenters. The van der Waals surface area contributed by atoms with Gasteiger partial charge in [-0.1, -0.05) is 24.3 Å². The molecule has 1 aromatic heterocycles. The Kier molecular flexibility index (Phi) is 3.82. The first-order chi connectivity index (χ1) is 10.3. The normalized spacial score (nSPS) is 10.5. The van der Waals surface area contributed by atoms with Crippen LogP contribution in [0, 0.1) is 0 Å². The third-order valence-corrected chi connectivity index (χ3v) is 3.03. The molecule has 0 bridgehead atoms. The molecule has 0 spiro atoms. The highest BCUT2D eigenvalue weighted by molar-refractivity contribution is 5.73. The highest BCUT2D eigenvalue weighted by Gasteiger charge is 2.04. The van der Waals surface area contributed by atoms with Crippen LogP contribution in [0.1, 0.15) is 5.56 Å². The van der Waals surface area contributed by atoms with Gasteiger partial charge in [-0.3, -0.25) is 0 Å². The van der Waals surface area contributed by atoms with Crippen LogP contribution < -0.4 is 10.1 Å². The van der Waals surface area contributed by atoms with Gasteiger partial charge in [0.25, 0.3) is 0 Å². The fourth-order valence-electron chi connectivity index (χ4n) is 2.00. The molecule has 1 heterocycles. The van der Waals surface area contributed by atoms with E-state index in [2.05, 4.69) is 10.3 Å². The minimum Gasteiger partial charge on any atom is -0.443 e. The average Bonchev–Trinajstić information content (AvgIpc) is 2.96. The van der Waals surface area contributed by atoms with Gasteiger partial charge in [-0.15, -0.1) is 0 Å². The molecule has 0 radical (unpaired) electrons. The molecule has 106 valence electrons. The lowest BCUT2D eigenvalue weighted by atomic mass is 10.1. The maximum atomic E-state index is 11.6. The van der Waals surface area contributed by atoms with E-state index in [0.29, 0.717) is 18.7 Å². The van der Waals surface area contributed by atoms with Crippen molar-refractivity contribution in [2.24, 2.45) is 0 Å². The van der Waals surface area contributed by atoms with Crippen LogP contribution in [0.4, 0.5) is 4.79 Å². The molecule has 0 unspecified atom stereocenters. The van der Waals surface area contributed by atoms with E-state index in [9.17, 15) is 4.79 Å². The molecule has 0 aliphatic carbocycles. The number of para-hydroxylation sites is 1. The Balaban J connectivity index is 1.50. The molecule has 5 nitrogen and oxygen atoms in total. The van der Waals surface area contributed by atoms with Gasteiger partial charge in [-0.05, 0) is 36.2 Å². The van der Waals surface area contributed by atoms with E-state index in [-0.39, 0.29) is 0 Å². The van der Waals surface area contributed by atoms with Crippen molar-refractivity contribution in [1.82, 2.24) is 10.3 Å². The van der Waals surface area contributed by atoms with Crippen LogP contribution in [0.2, 0.25) is 0 Å². The largest absolute Gasteiger partial charge is 0.443 e. The van der Waals surface area contributed by atoms with Gasteiger partial charge < -0.3 is 14.5 Å². The summed E-state index contributed by atoms with van der Waals surface area (Å²) in [6.07, 6.45) is 1.66. The number of oxazole rings is 1. The summed E-state index contributed by atoms with van der Waals surface area (Å²) < 4.78 is 10.4. The highest BCUT2D eigenvalue weighted by Crippen LogP contribution is 2.14. The third kappa shape index (κ3) is 3.39. The topological polar surface area (TPSA) is 64.4 Å². The van der Waals surface area contributed by atoms with E-state index in [1.807, 2.05) is 36.4 Å². The third-order valence-electron chi connectivity index (χ3n) is 3.03. The molecule has 1 amide bonds. The Morgan fingerprint density at radius 3 is 2.90 bits per heavy atom. The zero-order chi connectivity index (χ0) is 14.5. The Hall–Kier alpha value is -2.82. The zero-order valence-corrected chi connectivity index (χ0v) is 11.3. The minimum atomic E-state index is -0.457. The van der Waals surface area contributed by atoms with E-state index >= 15 is 0 Å². The SMILES string of the molecule is O=C(NCCc1ccc2ncoc2c1)Oc1ccccc1. The number of aromatic nitrogens is 1. The number of hydrogen-bond acceptors (Lipinski definition) is 4. The fourth-order valence-corrected chi connectivity index (χ4v) is 2.00. The predicted molar refractivity (Wildman–Crippen MR) is 78.2 cm³/mol. The first-order valence-electron chi connectivity index (χ1n) is 6.64. The molecule has 3 rings (SSSR count). The lowest BCUT2D eigenvalue weighted by molar-refractivity contribution is 0.200. The maximum absolute atomic E-state index is 11.6. The Morgan fingerprint density at radius 1 is 1.19 bits per heavy atom. The maximum Gasteiger partial charge on any atom is 0.412 e. The number of hydrogen-bond donors (Lipinski definition) is 1. The van der Waals surface area contributed by atoms with Crippen LogP contribution >= 0.6 is 0 Å². The molecule has 0 aliphatic rings. The van der Waals surface area contributed by atoms with Crippen molar-refractivity contribution >= 4 is 17.2 Å². The summed E-state index contributed by atoms with van der Waals surface area (Å²) in [5, 5.41) is 2.71. The van der Waals surface area contributed by atoms with E-state index < -0.39 is 6.09 Å². The number of amides is 1. The number of ether oxygens (including phenoxy) is 1. The summed E-state index contributed by atoms with van der Waals surface area (Å²) in [4.78, 5) is 15.7. The van der Waals surface area contributed by atoms with Crippen molar-refractivity contribution in [3.8, 4) is 5.75 Å². The number of carbonyl (C=O) groups excluding carboxylic acids is 1. The average molecular weight is 282 g/mol. The van der Waals surface area contributed by atoms with Crippen LogP contribution in [0.5, 0.6) is 5.75 Å². The number of fused-ring (bicyclic) bond motifs is 1. The molecule has 0 fully saturated rings. The Bertz CT molecular complexity index is 737. The summed E-state index contributed by atoms with van der Waals surface area (Å²) in [7, 11) is 0. The van der Waals surface area contributed by atoms with E-state index in [1.165, 1.54) is 6.39 Å². The van der Waals surface area contributed by atoms with Crippen molar-refractivity contribution in [3.05, 3.63) is 60.5 Å². The second-order valence-corrected chi connectivity index (χ2v) is 4.53. The van der Waals surface area contributed by atoms with Crippen molar-refractivity contribution in [3.63, 3.8) is 0 Å². The standard InChI is InChI=1S/C16H14N2O3/c19-16(21-13-4-2-1-3-5-13)17-9-8-12-6-7-14-15(10-12)20-11-18-14/h1-7,10-11H,8-9H2,(H,17,19). The van der Waals surface area contributed by atoms with Gasteiger partial charge in [-0.25, -0.2) is 9.78 Å². The van der Waals surface area contributed by atoms with Crippen LogP contribution in [0.3, 0.4) is 0 Å². The van der Waals surface area contributed by atoms with E-state index in [0.717, 1.165) is 16.7 Å². The molecule has 3 aromatic rings. The smallest absolute Gasteiger partial charge is 0.412 e. The van der Waals surface area contributed by atoms with Gasteiger partial charge >= 0.3 is 6.09 Å². The number of carbonyl (C=O) groups is 1. The van der Waals surface area contributed by atoms with Crippen LogP contribution in [0.15, 0.2) is 59.3 Å². The molecule has 0 saturated carbocycles. The van der Waals surface area contributed by atoms with Gasteiger partial charge in [0.2, 0.25) is 0 Å². The lowest BCUT2D eigenvalue weighted by Crippen LogP contribution is -2.28. The molecular weight excluding hydrogens is 268 g/mol. The van der Waals surface area contributed by atoms with Gasteiger partial charge in [0.1, 0.15) is 11.3 Å². The van der Waals surface area contributed by atoms with Gasteiger partial charge in [-0.2, -0.15) is 0 Å². The second-order valence-electron chi connectivity index (χ2n) is 4.53. The first kappa shape index (κ1) is 13.2. The summed E-state index contributed by atoms with van der Waals surface area (Å²) in [5.74, 6) is 0.526. The number of benzene rings is 2. The van der Waals surface area contributed by atoms with Crippen LogP contribution in [-0.2, 0) is 6.42 Å². The van der Waals surface area contributed by atoms with Gasteiger partial charge in [0.05, 0.1) is 0 Å². The van der Waals surface area contributed by atoms with E-state index in [4.69, 9.17) is 9.15 Å². The summed E-state index contributed by atoms with van der Waals surface area (Å²) in [6, 6.07) is 14.8. The van der Waals surface area contributed by atoms with Gasteiger partial charge in [0, 0.05) is 6.54 Å². The van der Waals surface area contributed by atoms with Crippen molar-refractivity contribution < 1.29 is 13.9 Å². The first-order valence-corrected chi connectivity index (χ1v) is 6.64.